The molecule has 2 aromatic heterocycles. The van der Waals surface area contributed by atoms with Crippen molar-refractivity contribution >= 4 is 5.97 Å². The largest absolute Gasteiger partial charge is 0.477 e. The minimum atomic E-state index is -0.560. The Hall–Kier alpha value is -2.44. The maximum Gasteiger partial charge on any atom is 0.375 e. The molecule has 7 nitrogen and oxygen atoms in total. The molecular formula is C14H19N3O4. The van der Waals surface area contributed by atoms with Crippen molar-refractivity contribution in [3.05, 3.63) is 24.4 Å². The molecule has 0 saturated heterocycles. The van der Waals surface area contributed by atoms with Crippen LogP contribution in [0, 0.1) is 0 Å². The Morgan fingerprint density at radius 3 is 2.62 bits per heavy atom. The van der Waals surface area contributed by atoms with E-state index in [2.05, 4.69) is 15.0 Å². The summed E-state index contributed by atoms with van der Waals surface area (Å²) < 4.78 is 15.3. The standard InChI is InChI=1S/C12H13N3O4.C2H6/c1-3-17-10-7-13-5-8(15-10)11-14-6-9(19-11)12(16)18-4-2;1-2/h5-7H,3-4H2,1-2H3;1-2H3. The SMILES string of the molecule is CC.CCOC(=O)c1cnc(-c2cncc(OCC)n2)o1. The Bertz CT molecular complexity index is 569. The van der Waals surface area contributed by atoms with Crippen LogP contribution in [0.3, 0.4) is 0 Å². The molecule has 0 aliphatic rings. The molecule has 21 heavy (non-hydrogen) atoms. The lowest BCUT2D eigenvalue weighted by atomic mass is 10.4. The molecule has 2 heterocycles. The molecule has 0 radical (unpaired) electrons. The van der Waals surface area contributed by atoms with Crippen LogP contribution in [0.1, 0.15) is 38.2 Å². The predicted molar refractivity (Wildman–Crippen MR) is 76.0 cm³/mol. The summed E-state index contributed by atoms with van der Waals surface area (Å²) >= 11 is 0. The lowest BCUT2D eigenvalue weighted by molar-refractivity contribution is 0.0491. The summed E-state index contributed by atoms with van der Waals surface area (Å²) in [6.45, 7) is 8.32. The average Bonchev–Trinajstić information content (AvgIpc) is 3.00. The molecular weight excluding hydrogens is 274 g/mol. The fourth-order valence-electron chi connectivity index (χ4n) is 1.36. The van der Waals surface area contributed by atoms with Gasteiger partial charge >= 0.3 is 5.97 Å². The number of ether oxygens (including phenoxy) is 2. The van der Waals surface area contributed by atoms with Crippen molar-refractivity contribution in [1.29, 1.82) is 0 Å². The Kier molecular flexibility index (Phi) is 6.86. The van der Waals surface area contributed by atoms with E-state index in [-0.39, 0.29) is 18.3 Å². The minimum Gasteiger partial charge on any atom is -0.477 e. The number of nitrogens with zero attached hydrogens (tertiary/aromatic N) is 3. The van der Waals surface area contributed by atoms with Crippen LogP contribution in [0.15, 0.2) is 23.0 Å². The third-order valence-electron chi connectivity index (χ3n) is 2.11. The summed E-state index contributed by atoms with van der Waals surface area (Å²) in [5.41, 5.74) is 0.390. The highest BCUT2D eigenvalue weighted by Gasteiger charge is 2.15. The fraction of sp³-hybridized carbons (Fsp3) is 0.429. The van der Waals surface area contributed by atoms with Crippen LogP contribution in [-0.4, -0.2) is 34.1 Å². The first-order chi connectivity index (χ1) is 10.2. The second kappa shape index (κ2) is 8.68. The van der Waals surface area contributed by atoms with Crippen LogP contribution in [0.5, 0.6) is 5.88 Å². The molecule has 7 heteroatoms. The maximum absolute atomic E-state index is 11.4. The van der Waals surface area contributed by atoms with Gasteiger partial charge in [0.2, 0.25) is 17.5 Å². The second-order valence-electron chi connectivity index (χ2n) is 3.43. The molecule has 0 amide bonds. The molecule has 0 fully saturated rings. The summed E-state index contributed by atoms with van der Waals surface area (Å²) in [6, 6.07) is 0. The fourth-order valence-corrected chi connectivity index (χ4v) is 1.36. The van der Waals surface area contributed by atoms with Gasteiger partial charge in [-0.05, 0) is 13.8 Å². The number of carbonyl (C=O) groups is 1. The number of esters is 1. The smallest absolute Gasteiger partial charge is 0.375 e. The second-order valence-corrected chi connectivity index (χ2v) is 3.43. The van der Waals surface area contributed by atoms with Gasteiger partial charge in [-0.15, -0.1) is 0 Å². The van der Waals surface area contributed by atoms with Gasteiger partial charge in [-0.3, -0.25) is 4.98 Å². The first-order valence-electron chi connectivity index (χ1n) is 6.82. The van der Waals surface area contributed by atoms with Crippen LogP contribution in [0.2, 0.25) is 0 Å². The molecule has 114 valence electrons. The monoisotopic (exact) mass is 293 g/mol. The zero-order chi connectivity index (χ0) is 15.7. The number of oxazole rings is 1. The van der Waals surface area contributed by atoms with Crippen molar-refractivity contribution in [2.75, 3.05) is 13.2 Å². The summed E-state index contributed by atoms with van der Waals surface area (Å²) in [7, 11) is 0. The zero-order valence-electron chi connectivity index (χ0n) is 12.6. The van der Waals surface area contributed by atoms with Crippen molar-refractivity contribution in [1.82, 2.24) is 15.0 Å². The van der Waals surface area contributed by atoms with Crippen LogP contribution in [0.25, 0.3) is 11.6 Å². The van der Waals surface area contributed by atoms with Gasteiger partial charge in [0.25, 0.3) is 0 Å². The van der Waals surface area contributed by atoms with E-state index in [0.717, 1.165) is 0 Å². The van der Waals surface area contributed by atoms with Crippen LogP contribution in [0.4, 0.5) is 0 Å². The van der Waals surface area contributed by atoms with E-state index in [4.69, 9.17) is 13.9 Å². The lowest BCUT2D eigenvalue weighted by Crippen LogP contribution is -2.02. The van der Waals surface area contributed by atoms with E-state index in [1.807, 2.05) is 20.8 Å². The molecule has 0 aliphatic carbocycles. The van der Waals surface area contributed by atoms with Gasteiger partial charge in [0.15, 0.2) is 0 Å². The number of rotatable bonds is 5. The van der Waals surface area contributed by atoms with Gasteiger partial charge in [0.05, 0.1) is 31.8 Å². The van der Waals surface area contributed by atoms with Gasteiger partial charge in [0.1, 0.15) is 5.69 Å². The van der Waals surface area contributed by atoms with E-state index in [1.165, 1.54) is 18.6 Å². The Labute approximate surface area is 123 Å². The van der Waals surface area contributed by atoms with Gasteiger partial charge < -0.3 is 13.9 Å². The molecule has 0 aliphatic heterocycles. The van der Waals surface area contributed by atoms with E-state index in [9.17, 15) is 4.79 Å². The number of hydrogen-bond acceptors (Lipinski definition) is 7. The van der Waals surface area contributed by atoms with E-state index in [0.29, 0.717) is 18.2 Å². The summed E-state index contributed by atoms with van der Waals surface area (Å²) in [4.78, 5) is 23.5. The van der Waals surface area contributed by atoms with E-state index >= 15 is 0 Å². The Balaban J connectivity index is 0.00000106. The van der Waals surface area contributed by atoms with Crippen molar-refractivity contribution in [3.8, 4) is 17.5 Å². The normalized spacial score (nSPS) is 9.52. The first kappa shape index (κ1) is 16.6. The number of aromatic nitrogens is 3. The molecule has 0 N–H and O–H groups in total. The molecule has 0 saturated carbocycles. The molecule has 0 aromatic carbocycles. The molecule has 2 rings (SSSR count). The van der Waals surface area contributed by atoms with Crippen molar-refractivity contribution in [3.63, 3.8) is 0 Å². The van der Waals surface area contributed by atoms with E-state index in [1.54, 1.807) is 6.92 Å². The first-order valence-corrected chi connectivity index (χ1v) is 6.82. The molecule has 0 bridgehead atoms. The quantitative estimate of drug-likeness (QED) is 0.783. The minimum absolute atomic E-state index is 0.0282. The summed E-state index contributed by atoms with van der Waals surface area (Å²) in [6.07, 6.45) is 4.26. The number of hydrogen-bond donors (Lipinski definition) is 0. The lowest BCUT2D eigenvalue weighted by Gasteiger charge is -2.01. The highest BCUT2D eigenvalue weighted by atomic mass is 16.5. The van der Waals surface area contributed by atoms with Gasteiger partial charge in [-0.2, -0.15) is 0 Å². The van der Waals surface area contributed by atoms with Crippen LogP contribution < -0.4 is 4.74 Å². The maximum atomic E-state index is 11.4. The van der Waals surface area contributed by atoms with Crippen molar-refractivity contribution in [2.24, 2.45) is 0 Å². The predicted octanol–water partition coefficient (Wildman–Crippen LogP) is 2.73. The molecule has 2 aromatic rings. The van der Waals surface area contributed by atoms with Crippen LogP contribution >= 0.6 is 0 Å². The van der Waals surface area contributed by atoms with E-state index < -0.39 is 5.97 Å². The average molecular weight is 293 g/mol. The summed E-state index contributed by atoms with van der Waals surface area (Å²) in [5, 5.41) is 0. The van der Waals surface area contributed by atoms with Gasteiger partial charge in [-0.1, -0.05) is 13.8 Å². The Morgan fingerprint density at radius 2 is 1.95 bits per heavy atom. The van der Waals surface area contributed by atoms with Gasteiger partial charge in [0, 0.05) is 0 Å². The van der Waals surface area contributed by atoms with Gasteiger partial charge in [-0.25, -0.2) is 14.8 Å². The third-order valence-corrected chi connectivity index (χ3v) is 2.11. The zero-order valence-corrected chi connectivity index (χ0v) is 12.6. The molecule has 0 atom stereocenters. The van der Waals surface area contributed by atoms with Crippen molar-refractivity contribution in [2.45, 2.75) is 27.7 Å². The number of carbonyl (C=O) groups excluding carboxylic acids is 1. The Morgan fingerprint density at radius 1 is 1.19 bits per heavy atom. The third kappa shape index (κ3) is 4.55. The summed E-state index contributed by atoms with van der Waals surface area (Å²) in [5.74, 6) is 0.0311. The highest BCUT2D eigenvalue weighted by molar-refractivity contribution is 5.86. The molecule has 0 spiro atoms. The topological polar surface area (TPSA) is 87.3 Å². The van der Waals surface area contributed by atoms with Crippen molar-refractivity contribution < 1.29 is 18.7 Å². The molecule has 0 unspecified atom stereocenters. The highest BCUT2D eigenvalue weighted by Crippen LogP contribution is 2.18. The van der Waals surface area contributed by atoms with Crippen LogP contribution in [-0.2, 0) is 4.74 Å².